The molecule has 0 saturated carbocycles. The lowest BCUT2D eigenvalue weighted by Crippen LogP contribution is -2.51. The van der Waals surface area contributed by atoms with E-state index in [-0.39, 0.29) is 35.7 Å². The number of likely N-dealkylation sites (tertiary alicyclic amines) is 2. The summed E-state index contributed by atoms with van der Waals surface area (Å²) in [4.78, 5) is 69.3. The Balaban J connectivity index is 1.15. The number of benzene rings is 2. The quantitative estimate of drug-likeness (QED) is 0.139. The molecule has 15 heteroatoms. The number of amides is 4. The number of halogens is 1. The molecule has 4 atom stereocenters. The van der Waals surface area contributed by atoms with Gasteiger partial charge in [-0.25, -0.2) is 23.9 Å². The van der Waals surface area contributed by atoms with E-state index in [4.69, 9.17) is 9.72 Å². The lowest BCUT2D eigenvalue weighted by molar-refractivity contribution is -0.136. The van der Waals surface area contributed by atoms with Crippen LogP contribution in [-0.4, -0.2) is 91.1 Å². The number of aromatic amines is 2. The molecule has 2 aromatic carbocycles. The minimum Gasteiger partial charge on any atom is -0.465 e. The van der Waals surface area contributed by atoms with Crippen LogP contribution in [0.4, 0.5) is 14.0 Å². The molecule has 0 aliphatic carbocycles. The summed E-state index contributed by atoms with van der Waals surface area (Å²) in [7, 11) is 1.25. The van der Waals surface area contributed by atoms with Crippen LogP contribution >= 0.6 is 0 Å². The second-order valence-corrected chi connectivity index (χ2v) is 14.4. The van der Waals surface area contributed by atoms with Crippen molar-refractivity contribution in [2.24, 2.45) is 11.8 Å². The standard InChI is InChI=1S/C39H45FN8O6/c1-21(2)32(45-38(51)52)36(49)48-17-7-9-31(48)35-42-27-15-13-24(19-28(27)43-35)11-10-23-12-14-25(26(40)18-23)29-20-41-34(44-29)30-8-6-16-47(30)37(50)33(22(3)4)46-39(53)54-5/h12-15,18-22,30-33,45H,6-9,16-17H2,1-5H3,(H,41,44)(H,42,43)(H,46,53)(H,51,52)/t30-,31-,32-,33-/m0/s1. The first-order valence-corrected chi connectivity index (χ1v) is 18.2. The van der Waals surface area contributed by atoms with Crippen LogP contribution in [0.5, 0.6) is 0 Å². The van der Waals surface area contributed by atoms with Crippen LogP contribution < -0.4 is 10.6 Å². The zero-order chi connectivity index (χ0) is 38.7. The molecule has 0 bridgehead atoms. The minimum absolute atomic E-state index is 0.163. The van der Waals surface area contributed by atoms with Crippen LogP contribution in [0.2, 0.25) is 0 Å². The lowest BCUT2D eigenvalue weighted by atomic mass is 10.0. The SMILES string of the molecule is COC(=O)N[C@H](C(=O)N1CCC[C@H]1c1ncc(-c2ccc(C#Cc3ccc4nc([C@@H]5CCCN5C(=O)[C@@H](NC(=O)O)C(C)C)[nH]c4c3)cc2F)[nH]1)C(C)C. The number of hydrogen-bond donors (Lipinski definition) is 5. The van der Waals surface area contributed by atoms with Crippen LogP contribution in [0.1, 0.15) is 88.2 Å². The highest BCUT2D eigenvalue weighted by molar-refractivity contribution is 5.87. The van der Waals surface area contributed by atoms with Gasteiger partial charge < -0.3 is 40.2 Å². The number of nitrogens with zero attached hydrogens (tertiary/aromatic N) is 4. The number of imidazole rings is 2. The number of carbonyl (C=O) groups excluding carboxylic acids is 3. The fourth-order valence-corrected chi connectivity index (χ4v) is 7.20. The number of aromatic nitrogens is 4. The number of fused-ring (bicyclic) bond motifs is 1. The van der Waals surface area contributed by atoms with E-state index < -0.39 is 30.1 Å². The fourth-order valence-electron chi connectivity index (χ4n) is 7.20. The van der Waals surface area contributed by atoms with Crippen molar-refractivity contribution in [2.45, 2.75) is 77.5 Å². The summed E-state index contributed by atoms with van der Waals surface area (Å²) in [6, 6.07) is 7.97. The summed E-state index contributed by atoms with van der Waals surface area (Å²) in [5.74, 6) is 5.93. The van der Waals surface area contributed by atoms with Gasteiger partial charge in [0.2, 0.25) is 11.8 Å². The molecule has 14 nitrogen and oxygen atoms in total. The molecule has 0 spiro atoms. The number of H-pyrrole nitrogens is 2. The maximum absolute atomic E-state index is 15.5. The van der Waals surface area contributed by atoms with Crippen molar-refractivity contribution in [1.29, 1.82) is 0 Å². The molecular formula is C39H45FN8O6. The van der Waals surface area contributed by atoms with Gasteiger partial charge in [0, 0.05) is 29.8 Å². The normalized spacial score (nSPS) is 18.1. The number of ether oxygens (including phenoxy) is 1. The molecule has 2 aliphatic rings. The molecule has 2 aliphatic heterocycles. The van der Waals surface area contributed by atoms with Gasteiger partial charge in [-0.2, -0.15) is 0 Å². The highest BCUT2D eigenvalue weighted by Gasteiger charge is 2.39. The Morgan fingerprint density at radius 1 is 0.870 bits per heavy atom. The Morgan fingerprint density at radius 2 is 1.46 bits per heavy atom. The smallest absolute Gasteiger partial charge is 0.407 e. The summed E-state index contributed by atoms with van der Waals surface area (Å²) in [5, 5.41) is 14.3. The van der Waals surface area contributed by atoms with Gasteiger partial charge in [-0.15, -0.1) is 0 Å². The van der Waals surface area contributed by atoms with Crippen molar-refractivity contribution >= 4 is 35.0 Å². The van der Waals surface area contributed by atoms with Gasteiger partial charge in [-0.1, -0.05) is 39.5 Å². The summed E-state index contributed by atoms with van der Waals surface area (Å²) in [6.45, 7) is 8.33. The molecule has 0 unspecified atom stereocenters. The van der Waals surface area contributed by atoms with Crippen LogP contribution in [0.15, 0.2) is 42.6 Å². The third kappa shape index (κ3) is 8.02. The monoisotopic (exact) mass is 740 g/mol. The Hall–Kier alpha value is -5.91. The topological polar surface area (TPSA) is 186 Å². The molecule has 6 rings (SSSR count). The molecule has 4 heterocycles. The second kappa shape index (κ2) is 16.0. The minimum atomic E-state index is -1.24. The highest BCUT2D eigenvalue weighted by atomic mass is 19.1. The van der Waals surface area contributed by atoms with E-state index in [1.807, 2.05) is 32.0 Å². The number of methoxy groups -OCH3 is 1. The second-order valence-electron chi connectivity index (χ2n) is 14.4. The Bertz CT molecular complexity index is 2120. The van der Waals surface area contributed by atoms with E-state index in [0.29, 0.717) is 65.5 Å². The van der Waals surface area contributed by atoms with Gasteiger partial charge in [0.1, 0.15) is 29.5 Å². The van der Waals surface area contributed by atoms with Gasteiger partial charge in [0.15, 0.2) is 0 Å². The maximum atomic E-state index is 15.5. The Morgan fingerprint density at radius 3 is 2.06 bits per heavy atom. The van der Waals surface area contributed by atoms with Crippen LogP contribution in [-0.2, 0) is 14.3 Å². The van der Waals surface area contributed by atoms with Crippen LogP contribution in [0.3, 0.4) is 0 Å². The number of nitrogens with one attached hydrogen (secondary N) is 4. The zero-order valence-electron chi connectivity index (χ0n) is 30.9. The first-order valence-electron chi connectivity index (χ1n) is 18.2. The van der Waals surface area contributed by atoms with E-state index >= 15 is 4.39 Å². The molecule has 5 N–H and O–H groups in total. The predicted octanol–water partition coefficient (Wildman–Crippen LogP) is 5.49. The van der Waals surface area contributed by atoms with Gasteiger partial charge in [-0.05, 0) is 73.9 Å². The number of carbonyl (C=O) groups is 4. The van der Waals surface area contributed by atoms with E-state index in [1.165, 1.54) is 13.2 Å². The summed E-state index contributed by atoms with van der Waals surface area (Å²) < 4.78 is 20.2. The largest absolute Gasteiger partial charge is 0.465 e. The number of hydrogen-bond acceptors (Lipinski definition) is 7. The van der Waals surface area contributed by atoms with E-state index in [9.17, 15) is 24.3 Å². The van der Waals surface area contributed by atoms with E-state index in [0.717, 1.165) is 18.4 Å². The van der Waals surface area contributed by atoms with Gasteiger partial charge in [0.25, 0.3) is 0 Å². The van der Waals surface area contributed by atoms with Crippen molar-refractivity contribution in [3.05, 3.63) is 71.2 Å². The van der Waals surface area contributed by atoms with Gasteiger partial charge >= 0.3 is 12.2 Å². The third-order valence-corrected chi connectivity index (χ3v) is 10.0. The molecular weight excluding hydrogens is 695 g/mol. The highest BCUT2D eigenvalue weighted by Crippen LogP contribution is 2.34. The van der Waals surface area contributed by atoms with Crippen molar-refractivity contribution in [2.75, 3.05) is 20.2 Å². The molecule has 2 aromatic heterocycles. The number of rotatable bonds is 9. The predicted molar refractivity (Wildman–Crippen MR) is 197 cm³/mol. The van der Waals surface area contributed by atoms with Crippen LogP contribution in [0.25, 0.3) is 22.3 Å². The first-order chi connectivity index (χ1) is 25.8. The molecule has 284 valence electrons. The van der Waals surface area contributed by atoms with E-state index in [2.05, 4.69) is 37.4 Å². The van der Waals surface area contributed by atoms with Gasteiger partial charge in [-0.3, -0.25) is 9.59 Å². The van der Waals surface area contributed by atoms with Crippen molar-refractivity contribution in [3.63, 3.8) is 0 Å². The van der Waals surface area contributed by atoms with E-state index in [1.54, 1.807) is 42.0 Å². The van der Waals surface area contributed by atoms with Crippen LogP contribution in [0, 0.1) is 29.5 Å². The fraction of sp³-hybridized carbons (Fsp3) is 0.436. The zero-order valence-corrected chi connectivity index (χ0v) is 30.9. The van der Waals surface area contributed by atoms with Crippen molar-refractivity contribution < 1.29 is 33.4 Å². The molecule has 0 radical (unpaired) electrons. The summed E-state index contributed by atoms with van der Waals surface area (Å²) in [6.07, 6.45) is 2.55. The molecule has 4 aromatic rings. The van der Waals surface area contributed by atoms with Crippen molar-refractivity contribution in [3.8, 4) is 23.1 Å². The Labute approximate surface area is 312 Å². The van der Waals surface area contributed by atoms with Crippen molar-refractivity contribution in [1.82, 2.24) is 40.4 Å². The van der Waals surface area contributed by atoms with Gasteiger partial charge in [0.05, 0.1) is 42.1 Å². The molecule has 4 amide bonds. The number of carboxylic acid groups (broad SMARTS) is 1. The molecule has 2 saturated heterocycles. The maximum Gasteiger partial charge on any atom is 0.407 e. The average Bonchev–Trinajstić information content (AvgIpc) is 3.97. The summed E-state index contributed by atoms with van der Waals surface area (Å²) in [5.41, 5.74) is 3.38. The first kappa shape index (κ1) is 37.8. The molecule has 54 heavy (non-hydrogen) atoms. The molecule has 2 fully saturated rings. The summed E-state index contributed by atoms with van der Waals surface area (Å²) >= 11 is 0. The number of alkyl carbamates (subject to hydrolysis) is 1. The average molecular weight is 741 g/mol. The lowest BCUT2D eigenvalue weighted by Gasteiger charge is -2.30. The Kier molecular flexibility index (Phi) is 11.2. The third-order valence-electron chi connectivity index (χ3n) is 10.0.